The van der Waals surface area contributed by atoms with Gasteiger partial charge in [-0.2, -0.15) is 0 Å². The first-order valence-corrected chi connectivity index (χ1v) is 8.24. The minimum Gasteiger partial charge on any atom is -0.385 e. The topological polar surface area (TPSA) is 63.7 Å². The van der Waals surface area contributed by atoms with Crippen molar-refractivity contribution in [3.8, 4) is 0 Å². The molecule has 0 aliphatic carbocycles. The number of carbonyl (C=O) groups is 1. The quantitative estimate of drug-likeness (QED) is 0.652. The molecule has 0 aromatic rings. The Hall–Kier alpha value is -0.460. The van der Waals surface area contributed by atoms with Gasteiger partial charge in [0.2, 0.25) is 10.0 Å². The van der Waals surface area contributed by atoms with Crippen LogP contribution in [0.15, 0.2) is 0 Å². The van der Waals surface area contributed by atoms with Crippen LogP contribution in [0, 0.1) is 5.92 Å². The van der Waals surface area contributed by atoms with Gasteiger partial charge in [-0.3, -0.25) is 4.79 Å². The number of hydrogen-bond donors (Lipinski definition) is 0. The van der Waals surface area contributed by atoms with E-state index in [0.717, 1.165) is 19.3 Å². The number of carbonyl (C=O) groups excluding carboxylic acids is 1. The van der Waals surface area contributed by atoms with Crippen LogP contribution in [0.25, 0.3) is 0 Å². The minimum atomic E-state index is -3.11. The van der Waals surface area contributed by atoms with Gasteiger partial charge in [0, 0.05) is 39.6 Å². The summed E-state index contributed by atoms with van der Waals surface area (Å²) in [7, 11) is -1.49. The second-order valence-corrected chi connectivity index (χ2v) is 6.95. The molecular weight excluding hydrogens is 254 g/mol. The van der Waals surface area contributed by atoms with E-state index in [1.54, 1.807) is 7.11 Å². The van der Waals surface area contributed by atoms with E-state index in [2.05, 4.69) is 0 Å². The van der Waals surface area contributed by atoms with E-state index in [1.165, 1.54) is 10.6 Å². The number of hydrogen-bond acceptors (Lipinski definition) is 4. The van der Waals surface area contributed by atoms with Crippen LogP contribution in [-0.4, -0.2) is 51.6 Å². The summed E-state index contributed by atoms with van der Waals surface area (Å²) in [6.45, 7) is 1.69. The van der Waals surface area contributed by atoms with E-state index in [0.29, 0.717) is 32.5 Å². The first-order valence-electron chi connectivity index (χ1n) is 6.39. The van der Waals surface area contributed by atoms with Gasteiger partial charge in [-0.05, 0) is 25.2 Å². The van der Waals surface area contributed by atoms with Crippen LogP contribution in [0.4, 0.5) is 0 Å². The zero-order valence-electron chi connectivity index (χ0n) is 11.2. The number of methoxy groups -OCH3 is 1. The summed E-state index contributed by atoms with van der Waals surface area (Å²) in [6.07, 6.45) is 4.80. The Morgan fingerprint density at radius 1 is 1.44 bits per heavy atom. The standard InChI is InChI=1S/C12H23NO4S/c1-17-8-4-6-12(14)9-11-5-3-7-13(10-11)18(2,15)16/h11H,3-10H2,1-2H3. The smallest absolute Gasteiger partial charge is 0.211 e. The monoisotopic (exact) mass is 277 g/mol. The average molecular weight is 277 g/mol. The predicted molar refractivity (Wildman–Crippen MR) is 69.9 cm³/mol. The van der Waals surface area contributed by atoms with E-state index in [1.807, 2.05) is 0 Å². The molecule has 6 heteroatoms. The lowest BCUT2D eigenvalue weighted by Gasteiger charge is -2.30. The molecule has 18 heavy (non-hydrogen) atoms. The third-order valence-corrected chi connectivity index (χ3v) is 4.54. The fourth-order valence-corrected chi connectivity index (χ4v) is 3.27. The highest BCUT2D eigenvalue weighted by atomic mass is 32.2. The molecule has 1 unspecified atom stereocenters. The number of Topliss-reactive ketones (excluding diaryl/α,β-unsaturated/α-hetero) is 1. The maximum atomic E-state index is 11.7. The van der Waals surface area contributed by atoms with Crippen molar-refractivity contribution in [1.29, 1.82) is 0 Å². The Kier molecular flexibility index (Phi) is 6.25. The molecule has 0 radical (unpaired) electrons. The second-order valence-electron chi connectivity index (χ2n) is 4.97. The molecule has 0 amide bonds. The highest BCUT2D eigenvalue weighted by molar-refractivity contribution is 7.88. The summed E-state index contributed by atoms with van der Waals surface area (Å²) in [5.41, 5.74) is 0. The summed E-state index contributed by atoms with van der Waals surface area (Å²) < 4.78 is 29.3. The first-order chi connectivity index (χ1) is 8.43. The minimum absolute atomic E-state index is 0.184. The molecule has 1 atom stereocenters. The molecule has 0 N–H and O–H groups in total. The van der Waals surface area contributed by atoms with Gasteiger partial charge < -0.3 is 4.74 Å². The molecule has 1 aliphatic rings. The van der Waals surface area contributed by atoms with Crippen LogP contribution in [0.2, 0.25) is 0 Å². The zero-order chi connectivity index (χ0) is 13.6. The van der Waals surface area contributed by atoms with Crippen molar-refractivity contribution in [2.24, 2.45) is 5.92 Å². The van der Waals surface area contributed by atoms with Crippen LogP contribution >= 0.6 is 0 Å². The van der Waals surface area contributed by atoms with Gasteiger partial charge in [-0.25, -0.2) is 12.7 Å². The predicted octanol–water partition coefficient (Wildman–Crippen LogP) is 1.04. The molecule has 0 aromatic carbocycles. The molecule has 1 rings (SSSR count). The van der Waals surface area contributed by atoms with Gasteiger partial charge in [-0.15, -0.1) is 0 Å². The molecule has 1 heterocycles. The van der Waals surface area contributed by atoms with Crippen molar-refractivity contribution in [3.05, 3.63) is 0 Å². The van der Waals surface area contributed by atoms with E-state index in [4.69, 9.17) is 4.74 Å². The van der Waals surface area contributed by atoms with Crippen LogP contribution in [0.5, 0.6) is 0 Å². The van der Waals surface area contributed by atoms with Crippen LogP contribution in [-0.2, 0) is 19.6 Å². The highest BCUT2D eigenvalue weighted by Crippen LogP contribution is 2.22. The largest absolute Gasteiger partial charge is 0.385 e. The Labute approximate surface area is 110 Å². The van der Waals surface area contributed by atoms with Crippen molar-refractivity contribution < 1.29 is 17.9 Å². The van der Waals surface area contributed by atoms with Gasteiger partial charge >= 0.3 is 0 Å². The molecular formula is C12H23NO4S. The Bertz CT molecular complexity index is 366. The molecule has 0 saturated carbocycles. The summed E-state index contributed by atoms with van der Waals surface area (Å²) in [6, 6.07) is 0. The van der Waals surface area contributed by atoms with Crippen LogP contribution < -0.4 is 0 Å². The third kappa shape index (κ3) is 5.46. The molecule has 0 aromatic heterocycles. The number of ketones is 1. The van der Waals surface area contributed by atoms with Gasteiger partial charge in [0.25, 0.3) is 0 Å². The van der Waals surface area contributed by atoms with Crippen molar-refractivity contribution >= 4 is 15.8 Å². The number of piperidine rings is 1. The first kappa shape index (κ1) is 15.6. The summed E-state index contributed by atoms with van der Waals surface area (Å²) in [5.74, 6) is 0.399. The van der Waals surface area contributed by atoms with Crippen molar-refractivity contribution in [3.63, 3.8) is 0 Å². The van der Waals surface area contributed by atoms with Crippen molar-refractivity contribution in [2.75, 3.05) is 33.1 Å². The fourth-order valence-electron chi connectivity index (χ4n) is 2.33. The average Bonchev–Trinajstić information content (AvgIpc) is 2.28. The van der Waals surface area contributed by atoms with Crippen molar-refractivity contribution in [2.45, 2.75) is 32.1 Å². The molecule has 1 fully saturated rings. The van der Waals surface area contributed by atoms with Gasteiger partial charge in [0.05, 0.1) is 6.26 Å². The fraction of sp³-hybridized carbons (Fsp3) is 0.917. The maximum absolute atomic E-state index is 11.7. The van der Waals surface area contributed by atoms with E-state index in [9.17, 15) is 13.2 Å². The lowest BCUT2D eigenvalue weighted by Crippen LogP contribution is -2.39. The normalized spacial score (nSPS) is 22.0. The van der Waals surface area contributed by atoms with E-state index in [-0.39, 0.29) is 11.7 Å². The summed E-state index contributed by atoms with van der Waals surface area (Å²) in [5, 5.41) is 0. The zero-order valence-corrected chi connectivity index (χ0v) is 12.0. The molecule has 0 bridgehead atoms. The lowest BCUT2D eigenvalue weighted by molar-refractivity contribution is -0.120. The number of nitrogens with zero attached hydrogens (tertiary/aromatic N) is 1. The number of ether oxygens (including phenoxy) is 1. The maximum Gasteiger partial charge on any atom is 0.211 e. The Balaban J connectivity index is 2.36. The second kappa shape index (κ2) is 7.21. The lowest BCUT2D eigenvalue weighted by atomic mass is 9.93. The van der Waals surface area contributed by atoms with Crippen molar-refractivity contribution in [1.82, 2.24) is 4.31 Å². The van der Waals surface area contributed by atoms with Gasteiger partial charge in [-0.1, -0.05) is 0 Å². The molecule has 106 valence electrons. The van der Waals surface area contributed by atoms with E-state index < -0.39 is 10.0 Å². The van der Waals surface area contributed by atoms with Crippen LogP contribution in [0.1, 0.15) is 32.1 Å². The molecule has 5 nitrogen and oxygen atoms in total. The van der Waals surface area contributed by atoms with Gasteiger partial charge in [0.1, 0.15) is 5.78 Å². The Morgan fingerprint density at radius 2 is 2.17 bits per heavy atom. The Morgan fingerprint density at radius 3 is 2.78 bits per heavy atom. The van der Waals surface area contributed by atoms with Crippen LogP contribution in [0.3, 0.4) is 0 Å². The summed E-state index contributed by atoms with van der Waals surface area (Å²) >= 11 is 0. The molecule has 1 aliphatic heterocycles. The third-order valence-electron chi connectivity index (χ3n) is 3.27. The number of sulfonamides is 1. The number of rotatable bonds is 7. The SMILES string of the molecule is COCCCC(=O)CC1CCCN(S(C)(=O)=O)C1. The molecule has 0 spiro atoms. The highest BCUT2D eigenvalue weighted by Gasteiger charge is 2.26. The van der Waals surface area contributed by atoms with E-state index >= 15 is 0 Å². The summed E-state index contributed by atoms with van der Waals surface area (Å²) in [4.78, 5) is 11.7. The molecule has 1 saturated heterocycles. The van der Waals surface area contributed by atoms with Gasteiger partial charge in [0.15, 0.2) is 0 Å².